The van der Waals surface area contributed by atoms with E-state index in [1.54, 1.807) is 24.8 Å². The fraction of sp³-hybridized carbons (Fsp3) is 0.500. The van der Waals surface area contributed by atoms with Gasteiger partial charge < -0.3 is 15.5 Å². The molecule has 3 N–H and O–H groups in total. The highest BCUT2D eigenvalue weighted by Gasteiger charge is 2.18. The molecule has 0 aliphatic carbocycles. The predicted octanol–water partition coefficient (Wildman–Crippen LogP) is 1.73. The van der Waals surface area contributed by atoms with Crippen molar-refractivity contribution < 1.29 is 14.6 Å². The maximum atomic E-state index is 13.0. The molecule has 3 nitrogen and oxygen atoms in total. The molecule has 0 amide bonds. The number of aliphatic hydroxyl groups is 1. The molecule has 17 heavy (non-hydrogen) atoms. The lowest BCUT2D eigenvalue weighted by Gasteiger charge is -2.22. The molecule has 0 saturated heterocycles. The average molecular weight is 259 g/mol. The van der Waals surface area contributed by atoms with Crippen molar-refractivity contribution in [3.8, 4) is 5.75 Å². The standard InChI is InChI=1S/C12H18FNO2S/c1-12(16,8-17-2)7-14-6-9-3-4-11(15)10(13)5-9/h3-5,14-16H,6-8H2,1-2H3. The van der Waals surface area contributed by atoms with Crippen LogP contribution in [0.3, 0.4) is 0 Å². The van der Waals surface area contributed by atoms with Gasteiger partial charge in [-0.1, -0.05) is 6.07 Å². The number of nitrogens with one attached hydrogen (secondary N) is 1. The van der Waals surface area contributed by atoms with Crippen LogP contribution in [0.1, 0.15) is 12.5 Å². The van der Waals surface area contributed by atoms with Crippen LogP contribution in [0.15, 0.2) is 18.2 Å². The number of phenols is 1. The molecule has 0 fully saturated rings. The highest BCUT2D eigenvalue weighted by atomic mass is 32.2. The maximum absolute atomic E-state index is 13.0. The summed E-state index contributed by atoms with van der Waals surface area (Å²) in [5, 5.41) is 22.0. The van der Waals surface area contributed by atoms with Crippen LogP contribution < -0.4 is 5.32 Å². The Hall–Kier alpha value is -0.780. The number of rotatable bonds is 6. The van der Waals surface area contributed by atoms with Gasteiger partial charge in [-0.25, -0.2) is 4.39 Å². The van der Waals surface area contributed by atoms with Gasteiger partial charge in [0, 0.05) is 18.8 Å². The third kappa shape index (κ3) is 4.93. The van der Waals surface area contributed by atoms with Crippen LogP contribution >= 0.6 is 11.8 Å². The fourth-order valence-corrected chi connectivity index (χ4v) is 2.22. The Morgan fingerprint density at radius 2 is 2.18 bits per heavy atom. The van der Waals surface area contributed by atoms with Crippen LogP contribution in [0, 0.1) is 5.82 Å². The van der Waals surface area contributed by atoms with Crippen LogP contribution in [-0.4, -0.2) is 34.4 Å². The lowest BCUT2D eigenvalue weighted by Crippen LogP contribution is -2.39. The average Bonchev–Trinajstić information content (AvgIpc) is 2.23. The van der Waals surface area contributed by atoms with E-state index < -0.39 is 11.4 Å². The van der Waals surface area contributed by atoms with E-state index in [1.165, 1.54) is 12.1 Å². The molecule has 5 heteroatoms. The number of phenolic OH excluding ortho intramolecular Hbond substituents is 1. The lowest BCUT2D eigenvalue weighted by atomic mass is 10.1. The van der Waals surface area contributed by atoms with Gasteiger partial charge in [-0.05, 0) is 30.9 Å². The van der Waals surface area contributed by atoms with Gasteiger partial charge in [-0.15, -0.1) is 0 Å². The normalized spacial score (nSPS) is 14.6. The molecule has 0 spiro atoms. The highest BCUT2D eigenvalue weighted by molar-refractivity contribution is 7.98. The van der Waals surface area contributed by atoms with Crippen LogP contribution in [0.2, 0.25) is 0 Å². The van der Waals surface area contributed by atoms with E-state index in [0.29, 0.717) is 18.8 Å². The van der Waals surface area contributed by atoms with Crippen LogP contribution in [-0.2, 0) is 6.54 Å². The summed E-state index contributed by atoms with van der Waals surface area (Å²) in [5.41, 5.74) is -0.0326. The first-order valence-corrected chi connectivity index (χ1v) is 6.73. The Balaban J connectivity index is 2.43. The minimum absolute atomic E-state index is 0.344. The second-order valence-electron chi connectivity index (χ2n) is 4.32. The van der Waals surface area contributed by atoms with E-state index in [0.717, 1.165) is 5.56 Å². The topological polar surface area (TPSA) is 52.5 Å². The largest absolute Gasteiger partial charge is 0.505 e. The molecule has 0 saturated carbocycles. The van der Waals surface area contributed by atoms with E-state index in [4.69, 9.17) is 5.11 Å². The van der Waals surface area contributed by atoms with E-state index in [1.807, 2.05) is 6.26 Å². The highest BCUT2D eigenvalue weighted by Crippen LogP contribution is 2.16. The first kappa shape index (κ1) is 14.3. The first-order chi connectivity index (χ1) is 7.94. The molecule has 1 rings (SSSR count). The molecular formula is C12H18FNO2S. The summed E-state index contributed by atoms with van der Waals surface area (Å²) < 4.78 is 13.0. The number of benzene rings is 1. The third-order valence-corrected chi connectivity index (χ3v) is 3.21. The van der Waals surface area contributed by atoms with Gasteiger partial charge in [0.25, 0.3) is 0 Å². The summed E-state index contributed by atoms with van der Waals surface area (Å²) in [6.45, 7) is 2.66. The fourth-order valence-electron chi connectivity index (χ4n) is 1.50. The van der Waals surface area contributed by atoms with Crippen molar-refractivity contribution in [1.29, 1.82) is 0 Å². The van der Waals surface area contributed by atoms with Gasteiger partial charge in [0.15, 0.2) is 11.6 Å². The van der Waals surface area contributed by atoms with Crippen molar-refractivity contribution in [3.63, 3.8) is 0 Å². The number of aromatic hydroxyl groups is 1. The summed E-state index contributed by atoms with van der Waals surface area (Å²) in [5.74, 6) is -0.326. The summed E-state index contributed by atoms with van der Waals surface area (Å²) in [6.07, 6.45) is 1.93. The number of hydrogen-bond donors (Lipinski definition) is 3. The smallest absolute Gasteiger partial charge is 0.165 e. The minimum atomic E-state index is -0.769. The molecule has 1 aromatic carbocycles. The van der Waals surface area contributed by atoms with Gasteiger partial charge in [0.05, 0.1) is 5.60 Å². The SMILES string of the molecule is CSCC(C)(O)CNCc1ccc(O)c(F)c1. The zero-order valence-corrected chi connectivity index (χ0v) is 10.9. The third-order valence-electron chi connectivity index (χ3n) is 2.30. The molecule has 0 radical (unpaired) electrons. The van der Waals surface area contributed by atoms with E-state index in [9.17, 15) is 9.50 Å². The number of thioether (sulfide) groups is 1. The Morgan fingerprint density at radius 1 is 1.47 bits per heavy atom. The summed E-state index contributed by atoms with van der Waals surface area (Å²) in [7, 11) is 0. The van der Waals surface area contributed by atoms with Gasteiger partial charge in [0.1, 0.15) is 0 Å². The first-order valence-electron chi connectivity index (χ1n) is 5.34. The zero-order valence-electron chi connectivity index (χ0n) is 10.0. The molecule has 0 aliphatic heterocycles. The van der Waals surface area contributed by atoms with E-state index >= 15 is 0 Å². The van der Waals surface area contributed by atoms with Crippen LogP contribution in [0.5, 0.6) is 5.75 Å². The minimum Gasteiger partial charge on any atom is -0.505 e. The summed E-state index contributed by atoms with van der Waals surface area (Å²) in [4.78, 5) is 0. The van der Waals surface area contributed by atoms with Crippen LogP contribution in [0.4, 0.5) is 4.39 Å². The molecule has 96 valence electrons. The second-order valence-corrected chi connectivity index (χ2v) is 5.19. The summed E-state index contributed by atoms with van der Waals surface area (Å²) in [6, 6.07) is 4.26. The molecule has 1 aromatic rings. The maximum Gasteiger partial charge on any atom is 0.165 e. The lowest BCUT2D eigenvalue weighted by molar-refractivity contribution is 0.0846. The van der Waals surface area contributed by atoms with Crippen molar-refractivity contribution in [3.05, 3.63) is 29.6 Å². The number of hydrogen-bond acceptors (Lipinski definition) is 4. The van der Waals surface area contributed by atoms with Gasteiger partial charge in [-0.2, -0.15) is 11.8 Å². The molecule has 0 bridgehead atoms. The van der Waals surface area contributed by atoms with Crippen molar-refractivity contribution in [2.75, 3.05) is 18.6 Å². The quantitative estimate of drug-likeness (QED) is 0.728. The van der Waals surface area contributed by atoms with E-state index in [-0.39, 0.29) is 5.75 Å². The van der Waals surface area contributed by atoms with Crippen molar-refractivity contribution >= 4 is 11.8 Å². The van der Waals surface area contributed by atoms with Gasteiger partial charge in [0.2, 0.25) is 0 Å². The molecular weight excluding hydrogens is 241 g/mol. The number of halogens is 1. The Bertz CT molecular complexity index is 372. The Labute approximate surface area is 105 Å². The molecule has 0 aromatic heterocycles. The monoisotopic (exact) mass is 259 g/mol. The van der Waals surface area contributed by atoms with E-state index in [2.05, 4.69) is 5.32 Å². The van der Waals surface area contributed by atoms with Gasteiger partial charge in [-0.3, -0.25) is 0 Å². The molecule has 1 atom stereocenters. The zero-order chi connectivity index (χ0) is 12.9. The molecule has 0 aliphatic rings. The molecule has 0 heterocycles. The van der Waals surface area contributed by atoms with Gasteiger partial charge >= 0.3 is 0 Å². The van der Waals surface area contributed by atoms with Crippen molar-refractivity contribution in [2.24, 2.45) is 0 Å². The Morgan fingerprint density at radius 3 is 2.76 bits per heavy atom. The predicted molar refractivity (Wildman–Crippen MR) is 68.8 cm³/mol. The second kappa shape index (κ2) is 6.23. The van der Waals surface area contributed by atoms with Crippen LogP contribution in [0.25, 0.3) is 0 Å². The Kier molecular flexibility index (Phi) is 5.24. The summed E-state index contributed by atoms with van der Waals surface area (Å²) >= 11 is 1.58. The molecule has 1 unspecified atom stereocenters. The van der Waals surface area contributed by atoms with Crippen molar-refractivity contribution in [2.45, 2.75) is 19.1 Å². The van der Waals surface area contributed by atoms with Crippen molar-refractivity contribution in [1.82, 2.24) is 5.32 Å².